The van der Waals surface area contributed by atoms with Gasteiger partial charge in [-0.1, -0.05) is 54.9 Å². The molecule has 3 atom stereocenters. The fourth-order valence-electron chi connectivity index (χ4n) is 5.71. The second kappa shape index (κ2) is 8.26. The van der Waals surface area contributed by atoms with Crippen molar-refractivity contribution >= 4 is 28.8 Å². The van der Waals surface area contributed by atoms with Crippen molar-refractivity contribution in [2.45, 2.75) is 18.9 Å². The highest BCUT2D eigenvalue weighted by atomic mass is 35.5. The third-order valence-electron chi connectivity index (χ3n) is 7.26. The van der Waals surface area contributed by atoms with E-state index in [1.807, 2.05) is 25.1 Å². The van der Waals surface area contributed by atoms with Crippen LogP contribution in [0.2, 0.25) is 5.02 Å². The highest BCUT2D eigenvalue weighted by molar-refractivity contribution is 6.33. The number of hydrogen-bond donors (Lipinski definition) is 2. The van der Waals surface area contributed by atoms with E-state index in [4.69, 9.17) is 11.6 Å². The molecule has 2 heterocycles. The van der Waals surface area contributed by atoms with Crippen molar-refractivity contribution in [3.8, 4) is 0 Å². The fourth-order valence-corrected chi connectivity index (χ4v) is 5.98. The summed E-state index contributed by atoms with van der Waals surface area (Å²) < 4.78 is 30.7. The van der Waals surface area contributed by atoms with E-state index in [0.29, 0.717) is 25.1 Å². The van der Waals surface area contributed by atoms with Gasteiger partial charge in [-0.3, -0.25) is 4.79 Å². The van der Waals surface area contributed by atoms with Gasteiger partial charge >= 0.3 is 0 Å². The van der Waals surface area contributed by atoms with E-state index in [1.165, 1.54) is 19.2 Å². The molecule has 0 bridgehead atoms. The molecule has 0 saturated carbocycles. The second-order valence-corrected chi connectivity index (χ2v) is 9.40. The first kappa shape index (κ1) is 22.1. The minimum Gasteiger partial charge on any atom is -0.359 e. The maximum atomic E-state index is 15.4. The van der Waals surface area contributed by atoms with Crippen LogP contribution in [0, 0.1) is 17.7 Å². The smallest absolute Gasteiger partial charge is 0.228 e. The number of benzene rings is 2. The number of rotatable bonds is 3. The Bertz CT molecular complexity index is 1180. The van der Waals surface area contributed by atoms with Crippen LogP contribution in [0.25, 0.3) is 5.57 Å². The quantitative estimate of drug-likeness (QED) is 0.691. The zero-order chi connectivity index (χ0) is 23.3. The molecule has 0 spiro atoms. The topological polar surface area (TPSA) is 44.4 Å². The largest absolute Gasteiger partial charge is 0.359 e. The first-order valence-electron chi connectivity index (χ1n) is 11.2. The number of allylic oxidation sites excluding steroid dienone is 3. The summed E-state index contributed by atoms with van der Waals surface area (Å²) in [4.78, 5) is 15.1. The van der Waals surface area contributed by atoms with Crippen molar-refractivity contribution in [1.29, 1.82) is 0 Å². The summed E-state index contributed by atoms with van der Waals surface area (Å²) >= 11 is 6.56. The van der Waals surface area contributed by atoms with E-state index in [0.717, 1.165) is 23.4 Å². The molecular formula is C26H26ClF2N3O. The van der Waals surface area contributed by atoms with Gasteiger partial charge in [-0.2, -0.15) is 0 Å². The molecule has 2 aromatic rings. The van der Waals surface area contributed by atoms with E-state index in [2.05, 4.69) is 27.7 Å². The van der Waals surface area contributed by atoms with E-state index in [-0.39, 0.29) is 22.4 Å². The number of carbonyl (C=O) groups excluding carboxylic acids is 1. The molecule has 5 rings (SSSR count). The summed E-state index contributed by atoms with van der Waals surface area (Å²) in [6.45, 7) is 3.96. The number of anilines is 1. The van der Waals surface area contributed by atoms with Gasteiger partial charge < -0.3 is 15.5 Å². The molecule has 7 heteroatoms. The molecule has 0 aromatic heterocycles. The summed E-state index contributed by atoms with van der Waals surface area (Å²) in [6, 6.07) is 11.6. The lowest BCUT2D eigenvalue weighted by Gasteiger charge is -2.45. The molecule has 2 aliphatic heterocycles. The highest BCUT2D eigenvalue weighted by Crippen LogP contribution is 2.52. The average Bonchev–Trinajstić information content (AvgIpc) is 3.17. The molecule has 33 heavy (non-hydrogen) atoms. The van der Waals surface area contributed by atoms with Crippen molar-refractivity contribution in [3.63, 3.8) is 0 Å². The predicted octanol–water partition coefficient (Wildman–Crippen LogP) is 4.59. The number of carbonyl (C=O) groups is 1. The Kier molecular flexibility index (Phi) is 5.53. The average molecular weight is 470 g/mol. The highest BCUT2D eigenvalue weighted by Gasteiger charge is 2.49. The van der Waals surface area contributed by atoms with Gasteiger partial charge in [0, 0.05) is 49.9 Å². The van der Waals surface area contributed by atoms with Crippen LogP contribution < -0.4 is 15.5 Å². The first-order chi connectivity index (χ1) is 15.9. The van der Waals surface area contributed by atoms with Crippen molar-refractivity contribution in [3.05, 3.63) is 81.9 Å². The van der Waals surface area contributed by atoms with Crippen molar-refractivity contribution < 1.29 is 13.6 Å². The number of nitrogens with zero attached hydrogens (tertiary/aromatic N) is 1. The van der Waals surface area contributed by atoms with Gasteiger partial charge in [0.15, 0.2) is 0 Å². The Morgan fingerprint density at radius 3 is 2.76 bits per heavy atom. The Hall–Kier alpha value is -2.70. The Labute approximate surface area is 197 Å². The summed E-state index contributed by atoms with van der Waals surface area (Å²) in [5.74, 6) is -2.53. The number of halogens is 3. The lowest BCUT2D eigenvalue weighted by Crippen LogP contribution is -2.57. The molecule has 0 radical (unpaired) electrons. The van der Waals surface area contributed by atoms with Crippen LogP contribution in [-0.4, -0.2) is 32.6 Å². The van der Waals surface area contributed by atoms with Crippen LogP contribution in [0.5, 0.6) is 0 Å². The van der Waals surface area contributed by atoms with E-state index >= 15 is 8.78 Å². The van der Waals surface area contributed by atoms with Gasteiger partial charge in [-0.25, -0.2) is 8.78 Å². The van der Waals surface area contributed by atoms with Gasteiger partial charge in [0.05, 0.1) is 16.5 Å². The first-order valence-corrected chi connectivity index (χ1v) is 11.6. The minimum absolute atomic E-state index is 0.133. The second-order valence-electron chi connectivity index (χ2n) is 9.02. The molecule has 2 N–H and O–H groups in total. The van der Waals surface area contributed by atoms with Crippen LogP contribution >= 0.6 is 11.6 Å². The number of piperazine rings is 1. The standard InChI is InChI=1S/C26H26ClF2N3O/c1-15-8-9-18(28)23(21(15)25(33)30-2)22-17-13-26(16-6-4-3-5-7-16)14-31-10-11-32(26)20(17)12-19(29)24(22)27/h3-9,12,15,21,31H,10-11,13-14H2,1-2H3,(H,30,33)/t15?,21?,26-/m1/s1. The van der Waals surface area contributed by atoms with Gasteiger partial charge in [0.1, 0.15) is 11.6 Å². The molecule has 2 unspecified atom stereocenters. The molecule has 2 aromatic carbocycles. The zero-order valence-electron chi connectivity index (χ0n) is 18.6. The van der Waals surface area contributed by atoms with Crippen LogP contribution in [0.1, 0.15) is 23.6 Å². The number of hydrogen-bond acceptors (Lipinski definition) is 3. The maximum absolute atomic E-state index is 15.4. The minimum atomic E-state index is -0.799. The summed E-state index contributed by atoms with van der Waals surface area (Å²) in [5, 5.41) is 5.99. The molecule has 172 valence electrons. The number of amides is 1. The SMILES string of the molecule is CNC(=O)C1C(c2c(Cl)c(F)cc3c2C[C@]2(c4ccccc4)CNCCN32)=C(F)C=CC1C. The van der Waals surface area contributed by atoms with Crippen LogP contribution in [0.15, 0.2) is 54.4 Å². The van der Waals surface area contributed by atoms with Crippen molar-refractivity contribution in [1.82, 2.24) is 10.6 Å². The molecule has 1 amide bonds. The lowest BCUT2D eigenvalue weighted by atomic mass is 9.76. The summed E-state index contributed by atoms with van der Waals surface area (Å²) in [5.41, 5.74) is 2.65. The molecule has 4 nitrogen and oxygen atoms in total. The number of nitrogens with one attached hydrogen (secondary N) is 2. The third-order valence-corrected chi connectivity index (χ3v) is 7.63. The zero-order valence-corrected chi connectivity index (χ0v) is 19.3. The number of fused-ring (bicyclic) bond motifs is 3. The van der Waals surface area contributed by atoms with Crippen LogP contribution in [0.3, 0.4) is 0 Å². The Morgan fingerprint density at radius 2 is 2.03 bits per heavy atom. The van der Waals surface area contributed by atoms with E-state index < -0.39 is 23.1 Å². The molecule has 1 aliphatic carbocycles. The summed E-state index contributed by atoms with van der Waals surface area (Å²) in [6.07, 6.45) is 3.57. The molecular weight excluding hydrogens is 444 g/mol. The van der Waals surface area contributed by atoms with E-state index in [9.17, 15) is 4.79 Å². The monoisotopic (exact) mass is 469 g/mol. The lowest BCUT2D eigenvalue weighted by molar-refractivity contribution is -0.123. The Morgan fingerprint density at radius 1 is 1.27 bits per heavy atom. The van der Waals surface area contributed by atoms with Gasteiger partial charge in [-0.05, 0) is 29.2 Å². The van der Waals surface area contributed by atoms with Gasteiger partial charge in [0.2, 0.25) is 5.91 Å². The van der Waals surface area contributed by atoms with Gasteiger partial charge in [0.25, 0.3) is 0 Å². The predicted molar refractivity (Wildman–Crippen MR) is 127 cm³/mol. The molecule has 1 fully saturated rings. The van der Waals surface area contributed by atoms with Crippen LogP contribution in [-0.2, 0) is 16.8 Å². The van der Waals surface area contributed by atoms with Crippen LogP contribution in [0.4, 0.5) is 14.5 Å². The Balaban J connectivity index is 1.76. The van der Waals surface area contributed by atoms with Crippen molar-refractivity contribution in [2.24, 2.45) is 11.8 Å². The van der Waals surface area contributed by atoms with E-state index in [1.54, 1.807) is 6.08 Å². The fraction of sp³-hybridized carbons (Fsp3) is 0.346. The molecule has 1 saturated heterocycles. The maximum Gasteiger partial charge on any atom is 0.228 e. The van der Waals surface area contributed by atoms with Crippen molar-refractivity contribution in [2.75, 3.05) is 31.6 Å². The normalized spacial score (nSPS) is 26.3. The molecule has 3 aliphatic rings. The van der Waals surface area contributed by atoms with Gasteiger partial charge in [-0.15, -0.1) is 0 Å². The summed E-state index contributed by atoms with van der Waals surface area (Å²) in [7, 11) is 1.52. The third kappa shape index (κ3) is 3.30.